The summed E-state index contributed by atoms with van der Waals surface area (Å²) in [4.78, 5) is 32.8. The van der Waals surface area contributed by atoms with Gasteiger partial charge in [-0.25, -0.2) is 4.98 Å². The molecule has 2 N–H and O–H groups in total. The molecule has 39 heavy (non-hydrogen) atoms. The molecule has 2 aliphatic rings. The van der Waals surface area contributed by atoms with Crippen molar-refractivity contribution in [1.82, 2.24) is 14.8 Å². The number of amides is 2. The first-order valence-corrected chi connectivity index (χ1v) is 14.9. The van der Waals surface area contributed by atoms with Gasteiger partial charge in [0.25, 0.3) is 5.91 Å². The molecule has 9 nitrogen and oxygen atoms in total. The van der Waals surface area contributed by atoms with Crippen LogP contribution in [0.2, 0.25) is 0 Å². The largest absolute Gasteiger partial charge is 0.494 e. The molecule has 1 spiro atoms. The summed E-state index contributed by atoms with van der Waals surface area (Å²) in [5, 5.41) is 2.90. The Balaban J connectivity index is 1.12. The van der Waals surface area contributed by atoms with E-state index in [4.69, 9.17) is 19.9 Å². The lowest BCUT2D eigenvalue weighted by atomic mass is 9.89. The molecule has 2 amide bonds. The Bertz CT molecular complexity index is 1070. The van der Waals surface area contributed by atoms with Gasteiger partial charge in [-0.05, 0) is 43.4 Å². The smallest absolute Gasteiger partial charge is 0.273 e. The van der Waals surface area contributed by atoms with Crippen LogP contribution in [0.4, 0.5) is 0 Å². The van der Waals surface area contributed by atoms with Crippen molar-refractivity contribution in [2.75, 3.05) is 59.2 Å². The van der Waals surface area contributed by atoms with Crippen LogP contribution >= 0.6 is 11.3 Å². The van der Waals surface area contributed by atoms with Crippen molar-refractivity contribution in [2.24, 2.45) is 5.73 Å². The van der Waals surface area contributed by atoms with Crippen LogP contribution in [0, 0.1) is 0 Å². The Morgan fingerprint density at radius 3 is 2.59 bits per heavy atom. The molecule has 0 aliphatic carbocycles. The second kappa shape index (κ2) is 14.2. The van der Waals surface area contributed by atoms with E-state index in [1.165, 1.54) is 5.56 Å². The highest BCUT2D eigenvalue weighted by molar-refractivity contribution is 7.09. The molecule has 3 heterocycles. The molecule has 1 aromatic carbocycles. The number of primary amides is 1. The summed E-state index contributed by atoms with van der Waals surface area (Å²) < 4.78 is 17.6. The molecule has 10 heteroatoms. The van der Waals surface area contributed by atoms with Gasteiger partial charge in [-0.15, -0.1) is 11.3 Å². The summed E-state index contributed by atoms with van der Waals surface area (Å²) in [6, 6.07) is 8.08. The lowest BCUT2D eigenvalue weighted by Crippen LogP contribution is -2.58. The van der Waals surface area contributed by atoms with Gasteiger partial charge >= 0.3 is 0 Å². The maximum absolute atomic E-state index is 13.1. The second-order valence-electron chi connectivity index (χ2n) is 10.8. The molecule has 0 unspecified atom stereocenters. The molecule has 0 radical (unpaired) electrons. The zero-order valence-electron chi connectivity index (χ0n) is 23.2. The fourth-order valence-corrected chi connectivity index (χ4v) is 5.82. The van der Waals surface area contributed by atoms with Crippen LogP contribution in [0.1, 0.15) is 66.5 Å². The minimum atomic E-state index is -0.341. The number of rotatable bonds is 13. The highest BCUT2D eigenvalue weighted by Crippen LogP contribution is 2.31. The SMILES string of the molecule is CC(C)c1nc(C(=O)N2CCOC3(CCN(CCCOc4ccc(CCOCCC(N)=O)cc4)CC3)C2)cs1. The van der Waals surface area contributed by atoms with E-state index in [9.17, 15) is 9.59 Å². The predicted octanol–water partition coefficient (Wildman–Crippen LogP) is 3.48. The van der Waals surface area contributed by atoms with Crippen molar-refractivity contribution in [3.05, 3.63) is 45.9 Å². The summed E-state index contributed by atoms with van der Waals surface area (Å²) in [7, 11) is 0. The maximum atomic E-state index is 13.1. The Morgan fingerprint density at radius 2 is 1.90 bits per heavy atom. The van der Waals surface area contributed by atoms with E-state index in [2.05, 4.69) is 23.7 Å². The van der Waals surface area contributed by atoms with Gasteiger partial charge in [-0.2, -0.15) is 0 Å². The van der Waals surface area contributed by atoms with E-state index in [0.29, 0.717) is 51.1 Å². The van der Waals surface area contributed by atoms with E-state index in [-0.39, 0.29) is 23.8 Å². The molecular formula is C29H42N4O5S. The third-order valence-corrected chi connectivity index (χ3v) is 8.52. The van der Waals surface area contributed by atoms with Crippen LogP contribution in [-0.2, 0) is 20.7 Å². The van der Waals surface area contributed by atoms with Gasteiger partial charge in [0, 0.05) is 43.9 Å². The number of aromatic nitrogens is 1. The van der Waals surface area contributed by atoms with Gasteiger partial charge in [0.1, 0.15) is 11.4 Å². The maximum Gasteiger partial charge on any atom is 0.273 e. The van der Waals surface area contributed by atoms with E-state index in [1.54, 1.807) is 11.3 Å². The van der Waals surface area contributed by atoms with Crippen molar-refractivity contribution in [1.29, 1.82) is 0 Å². The van der Waals surface area contributed by atoms with Crippen LogP contribution in [0.15, 0.2) is 29.6 Å². The van der Waals surface area contributed by atoms with Gasteiger partial charge in [-0.1, -0.05) is 26.0 Å². The number of morpholine rings is 1. The first kappa shape index (κ1) is 29.5. The molecule has 1 aromatic heterocycles. The zero-order valence-corrected chi connectivity index (χ0v) is 24.0. The van der Waals surface area contributed by atoms with Gasteiger partial charge in [0.2, 0.25) is 5.91 Å². The van der Waals surface area contributed by atoms with Crippen molar-refractivity contribution in [3.63, 3.8) is 0 Å². The first-order chi connectivity index (χ1) is 18.8. The number of likely N-dealkylation sites (tertiary alicyclic amines) is 1. The Hall–Kier alpha value is -2.53. The number of carbonyl (C=O) groups is 2. The van der Waals surface area contributed by atoms with Crippen molar-refractivity contribution >= 4 is 23.2 Å². The predicted molar refractivity (Wildman–Crippen MR) is 151 cm³/mol. The van der Waals surface area contributed by atoms with Crippen LogP contribution in [0.3, 0.4) is 0 Å². The summed E-state index contributed by atoms with van der Waals surface area (Å²) in [5.41, 5.74) is 6.60. The highest BCUT2D eigenvalue weighted by atomic mass is 32.1. The van der Waals surface area contributed by atoms with Gasteiger partial charge in [0.15, 0.2) is 0 Å². The third-order valence-electron chi connectivity index (χ3n) is 7.38. The fraction of sp³-hybridized carbons (Fsp3) is 0.621. The number of nitrogens with two attached hydrogens (primary N) is 1. The number of nitrogens with zero attached hydrogens (tertiary/aromatic N) is 3. The van der Waals surface area contributed by atoms with E-state index in [1.807, 2.05) is 34.5 Å². The zero-order chi connectivity index (χ0) is 27.7. The van der Waals surface area contributed by atoms with Crippen LogP contribution in [-0.4, -0.2) is 91.4 Å². The molecule has 2 fully saturated rings. The van der Waals surface area contributed by atoms with Crippen molar-refractivity contribution < 1.29 is 23.8 Å². The molecule has 4 rings (SSSR count). The fourth-order valence-electron chi connectivity index (χ4n) is 5.01. The Morgan fingerprint density at radius 1 is 1.13 bits per heavy atom. The Kier molecular flexibility index (Phi) is 10.7. The Labute approximate surface area is 235 Å². The molecule has 2 aromatic rings. The lowest BCUT2D eigenvalue weighted by Gasteiger charge is -2.47. The van der Waals surface area contributed by atoms with Crippen LogP contribution < -0.4 is 10.5 Å². The summed E-state index contributed by atoms with van der Waals surface area (Å²) in [5.74, 6) is 0.890. The van der Waals surface area contributed by atoms with E-state index < -0.39 is 0 Å². The number of carbonyl (C=O) groups excluding carboxylic acids is 2. The minimum Gasteiger partial charge on any atom is -0.494 e. The van der Waals surface area contributed by atoms with E-state index in [0.717, 1.165) is 56.1 Å². The standard InChI is InChI=1S/C29H42N4O5S/c1-22(2)27-31-25(20-39-27)28(35)33-15-19-38-29(21-33)10-13-32(14-11-29)12-3-16-37-24-6-4-23(5-7-24)8-17-36-18-9-26(30)34/h4-7,20,22H,3,8-19,21H2,1-2H3,(H2,30,34). The first-order valence-electron chi connectivity index (χ1n) is 14.0. The summed E-state index contributed by atoms with van der Waals surface area (Å²) in [6.07, 6.45) is 3.86. The summed E-state index contributed by atoms with van der Waals surface area (Å²) >= 11 is 1.57. The molecule has 2 aliphatic heterocycles. The van der Waals surface area contributed by atoms with Crippen LogP contribution in [0.25, 0.3) is 0 Å². The topological polar surface area (TPSA) is 107 Å². The number of thiazole rings is 1. The highest BCUT2D eigenvalue weighted by Gasteiger charge is 2.41. The van der Waals surface area contributed by atoms with Gasteiger partial charge in [0.05, 0.1) is 43.6 Å². The van der Waals surface area contributed by atoms with Crippen LogP contribution in [0.5, 0.6) is 5.75 Å². The van der Waals surface area contributed by atoms with Gasteiger partial charge in [-0.3, -0.25) is 9.59 Å². The lowest BCUT2D eigenvalue weighted by molar-refractivity contribution is -0.127. The third kappa shape index (κ3) is 8.73. The number of benzene rings is 1. The second-order valence-corrected chi connectivity index (χ2v) is 11.6. The molecular weight excluding hydrogens is 516 g/mol. The average molecular weight is 559 g/mol. The normalized spacial score (nSPS) is 17.6. The number of hydrogen-bond donors (Lipinski definition) is 1. The van der Waals surface area contributed by atoms with Crippen molar-refractivity contribution in [3.8, 4) is 5.75 Å². The van der Waals surface area contributed by atoms with Crippen molar-refractivity contribution in [2.45, 2.75) is 57.5 Å². The number of ether oxygens (including phenoxy) is 3. The monoisotopic (exact) mass is 558 g/mol. The number of hydrogen-bond acceptors (Lipinski definition) is 8. The number of piperidine rings is 1. The molecule has 2 saturated heterocycles. The average Bonchev–Trinajstić information content (AvgIpc) is 3.43. The molecule has 0 bridgehead atoms. The molecule has 214 valence electrons. The van der Waals surface area contributed by atoms with Gasteiger partial charge < -0.3 is 29.7 Å². The summed E-state index contributed by atoms with van der Waals surface area (Å²) in [6.45, 7) is 10.6. The molecule has 0 saturated carbocycles. The van der Waals surface area contributed by atoms with E-state index >= 15 is 0 Å². The molecule has 0 atom stereocenters. The minimum absolute atomic E-state index is 0.0296. The quantitative estimate of drug-likeness (QED) is 0.375.